The summed E-state index contributed by atoms with van der Waals surface area (Å²) in [6.45, 7) is 0. The number of rotatable bonds is 0. The van der Waals surface area contributed by atoms with Gasteiger partial charge in [0, 0.05) is 0 Å². The van der Waals surface area contributed by atoms with Crippen molar-refractivity contribution in [1.29, 1.82) is 0 Å². The average molecular weight is 392 g/mol. The fraction of sp³-hybridized carbons (Fsp3) is 0. The van der Waals surface area contributed by atoms with Crippen LogP contribution < -0.4 is 29.4 Å². The second-order valence-corrected chi connectivity index (χ2v) is 2.68. The molecule has 0 spiro atoms. The van der Waals surface area contributed by atoms with Crippen molar-refractivity contribution in [2.75, 3.05) is 0 Å². The second kappa shape index (κ2) is 13.9. The predicted octanol–water partition coefficient (Wildman–Crippen LogP) is -6.79. The molecule has 0 bridgehead atoms. The van der Waals surface area contributed by atoms with E-state index in [9.17, 15) is 0 Å². The van der Waals surface area contributed by atoms with Gasteiger partial charge in [-0.1, -0.05) is 0 Å². The smallest absolute Gasteiger partial charge is 0.822 e. The van der Waals surface area contributed by atoms with Crippen LogP contribution in [-0.2, 0) is 9.13 Å². The van der Waals surface area contributed by atoms with Gasteiger partial charge in [-0.3, -0.25) is 0 Å². The number of hydrogen-bond acceptors (Lipinski definition) is 8. The van der Waals surface area contributed by atoms with Crippen molar-refractivity contribution >= 4 is 125 Å². The van der Waals surface area contributed by atoms with Crippen LogP contribution in [0.2, 0.25) is 0 Å². The van der Waals surface area contributed by atoms with E-state index in [1.165, 1.54) is 0 Å². The van der Waals surface area contributed by atoms with Gasteiger partial charge in [-0.2, -0.15) is 15.6 Å². The maximum atomic E-state index is 8.55. The number of phosphoric acid groups is 2. The summed E-state index contributed by atoms with van der Waals surface area (Å²) in [6.07, 6.45) is 0. The van der Waals surface area contributed by atoms with E-state index in [0.29, 0.717) is 0 Å². The molecule has 0 rings (SSSR count). The fourth-order valence-electron chi connectivity index (χ4n) is 0. The molecule has 0 saturated heterocycles. The van der Waals surface area contributed by atoms with Crippen LogP contribution in [0.15, 0.2) is 0 Å². The Bertz CT molecular complexity index is 134. The van der Waals surface area contributed by atoms with Crippen molar-refractivity contribution in [3.05, 3.63) is 0 Å². The molecule has 0 saturated carbocycles. The Labute approximate surface area is 160 Å². The first-order chi connectivity index (χ1) is 4.00. The van der Waals surface area contributed by atoms with Gasteiger partial charge in [0.2, 0.25) is 0 Å². The van der Waals surface area contributed by atoms with Crippen LogP contribution in [0, 0.1) is 0 Å². The molecule has 64 valence electrons. The number of hydrogen-bond donors (Lipinski definition) is 0. The Morgan fingerprint density at radius 3 is 0.692 bits per heavy atom. The third-order valence-corrected chi connectivity index (χ3v) is 0. The largest absolute Gasteiger partial charge is 2.00 e. The van der Waals surface area contributed by atoms with E-state index < -0.39 is 15.6 Å². The molecule has 0 aromatic rings. The molecule has 13 heteroatoms. The van der Waals surface area contributed by atoms with Crippen molar-refractivity contribution in [1.82, 2.24) is 0 Å². The van der Waals surface area contributed by atoms with Crippen molar-refractivity contribution in [3.63, 3.8) is 0 Å². The molecule has 0 aliphatic carbocycles. The van der Waals surface area contributed by atoms with Crippen LogP contribution in [0.1, 0.15) is 0 Å². The molecule has 0 amide bonds. The van der Waals surface area contributed by atoms with Crippen LogP contribution in [0.4, 0.5) is 0 Å². The molecule has 0 fully saturated rings. The molecule has 8 nitrogen and oxygen atoms in total. The third-order valence-electron chi connectivity index (χ3n) is 0. The summed E-state index contributed by atoms with van der Waals surface area (Å²) < 4.78 is 17.1. The molecule has 0 aromatic heterocycles. The standard InChI is InChI=1S/Ba.Ca.Mg.2H3O4P/c;;;2*1-5(2,3)4/h;;;2*(H3,1,2,3,4)/q3*+2;;/p-6. The molecule has 0 aromatic carbocycles. The quantitative estimate of drug-likeness (QED) is 0.289. The Kier molecular flexibility index (Phi) is 32.2. The zero-order valence-corrected chi connectivity index (χ0v) is 16.1. The summed E-state index contributed by atoms with van der Waals surface area (Å²) in [5.41, 5.74) is 0. The summed E-state index contributed by atoms with van der Waals surface area (Å²) in [5, 5.41) is 0. The normalized spacial score (nSPS) is 9.08. The monoisotopic (exact) mass is 392 g/mol. The van der Waals surface area contributed by atoms with E-state index in [0.717, 1.165) is 0 Å². The minimum atomic E-state index is -5.39. The van der Waals surface area contributed by atoms with Crippen LogP contribution in [0.5, 0.6) is 0 Å². The van der Waals surface area contributed by atoms with Gasteiger partial charge in [0.15, 0.2) is 0 Å². The summed E-state index contributed by atoms with van der Waals surface area (Å²) in [6, 6.07) is 0. The van der Waals surface area contributed by atoms with Gasteiger partial charge >= 0.3 is 110 Å². The average Bonchev–Trinajstić information content (AvgIpc) is 1.12. The van der Waals surface area contributed by atoms with E-state index in [4.69, 9.17) is 38.5 Å². The first kappa shape index (κ1) is 30.1. The van der Waals surface area contributed by atoms with E-state index >= 15 is 0 Å². The summed E-state index contributed by atoms with van der Waals surface area (Å²) in [4.78, 5) is 51.3. The van der Waals surface area contributed by atoms with Gasteiger partial charge in [0.1, 0.15) is 0 Å². The molecule has 0 atom stereocenters. The van der Waals surface area contributed by atoms with E-state index in [1.54, 1.807) is 0 Å². The molecular weight excluding hydrogens is 392 g/mol. The van der Waals surface area contributed by atoms with Gasteiger partial charge in [-0.15, -0.1) is 0 Å². The van der Waals surface area contributed by atoms with Crippen LogP contribution in [-0.4, -0.2) is 110 Å². The van der Waals surface area contributed by atoms with E-state index in [1.807, 2.05) is 0 Å². The molecule has 0 N–H and O–H groups in total. The SMILES string of the molecule is O=P([O-])([O-])[O-].O=P([O-])([O-])[O-].[Ba+2].[Ca+2].[Mg+2]. The van der Waals surface area contributed by atoms with Crippen molar-refractivity contribution in [2.45, 2.75) is 0 Å². The molecule has 0 aliphatic rings. The van der Waals surface area contributed by atoms with Gasteiger partial charge in [-0.05, 0) is 0 Å². The molecular formula is BaCaMgO8P2. The summed E-state index contributed by atoms with van der Waals surface area (Å²) in [5.74, 6) is 0. The predicted molar refractivity (Wildman–Crippen MR) is 32.5 cm³/mol. The van der Waals surface area contributed by atoms with Crippen molar-refractivity contribution < 1.29 is 38.5 Å². The van der Waals surface area contributed by atoms with Gasteiger partial charge in [-0.25, -0.2) is 0 Å². The van der Waals surface area contributed by atoms with E-state index in [2.05, 4.69) is 0 Å². The molecule has 0 unspecified atom stereocenters. The minimum absolute atomic E-state index is 0. The summed E-state index contributed by atoms with van der Waals surface area (Å²) >= 11 is 0. The molecule has 13 heavy (non-hydrogen) atoms. The van der Waals surface area contributed by atoms with E-state index in [-0.39, 0.29) is 110 Å². The zero-order valence-electron chi connectivity index (χ0n) is 6.28. The zero-order chi connectivity index (χ0) is 9.00. The maximum absolute atomic E-state index is 8.55. The topological polar surface area (TPSA) is 172 Å². The Morgan fingerprint density at radius 1 is 0.692 bits per heavy atom. The van der Waals surface area contributed by atoms with Crippen molar-refractivity contribution in [2.24, 2.45) is 0 Å². The first-order valence-electron chi connectivity index (χ1n) is 1.46. The van der Waals surface area contributed by atoms with Gasteiger partial charge in [0.25, 0.3) is 0 Å². The Hall–Kier alpha value is 3.82. The van der Waals surface area contributed by atoms with Crippen molar-refractivity contribution in [3.8, 4) is 0 Å². The third kappa shape index (κ3) is 207. The molecule has 0 heterocycles. The first-order valence-corrected chi connectivity index (χ1v) is 4.38. The molecule has 0 radical (unpaired) electrons. The van der Waals surface area contributed by atoms with Crippen LogP contribution in [0.25, 0.3) is 0 Å². The van der Waals surface area contributed by atoms with Gasteiger partial charge < -0.3 is 38.5 Å². The fourth-order valence-corrected chi connectivity index (χ4v) is 0. The molecule has 0 aliphatic heterocycles. The maximum Gasteiger partial charge on any atom is 2.00 e. The van der Waals surface area contributed by atoms with Crippen LogP contribution in [0.3, 0.4) is 0 Å². The minimum Gasteiger partial charge on any atom is -0.822 e. The van der Waals surface area contributed by atoms with Gasteiger partial charge in [0.05, 0.1) is 0 Å². The second-order valence-electron chi connectivity index (χ2n) is 0.894. The Balaban J connectivity index is -0.0000000267. The van der Waals surface area contributed by atoms with Crippen LogP contribution >= 0.6 is 15.6 Å². The Morgan fingerprint density at radius 2 is 0.692 bits per heavy atom. The summed E-state index contributed by atoms with van der Waals surface area (Å²) in [7, 11) is -10.8.